The third kappa shape index (κ3) is 5.08. The van der Waals surface area contributed by atoms with Gasteiger partial charge in [-0.3, -0.25) is 4.79 Å². The van der Waals surface area contributed by atoms with Crippen LogP contribution in [0, 0.1) is 5.82 Å². The van der Waals surface area contributed by atoms with E-state index in [0.29, 0.717) is 58.4 Å². The SMILES string of the molecule is CCOCCn1c(=NC(=O)C2CCCCN2S(=O)(=O)c2ccc(Cl)s2)sc2cccc(F)c21. The second-order valence-electron chi connectivity index (χ2n) is 7.46. The van der Waals surface area contributed by atoms with E-state index < -0.39 is 27.8 Å². The molecule has 1 aliphatic rings. The number of thiophene rings is 1. The van der Waals surface area contributed by atoms with E-state index in [9.17, 15) is 17.6 Å². The minimum atomic E-state index is -3.88. The number of piperidine rings is 1. The number of aromatic nitrogens is 1. The Bertz CT molecular complexity index is 1330. The van der Waals surface area contributed by atoms with Crippen LogP contribution < -0.4 is 4.80 Å². The van der Waals surface area contributed by atoms with Crippen LogP contribution in [-0.4, -0.2) is 49.0 Å². The molecular weight excluding hydrogens is 509 g/mol. The first-order chi connectivity index (χ1) is 15.8. The fourth-order valence-corrected chi connectivity index (χ4v) is 8.18. The number of rotatable bonds is 7. The highest BCUT2D eigenvalue weighted by molar-refractivity contribution is 7.91. The highest BCUT2D eigenvalue weighted by atomic mass is 35.5. The Morgan fingerprint density at radius 1 is 1.27 bits per heavy atom. The lowest BCUT2D eigenvalue weighted by Gasteiger charge is -2.31. The molecule has 0 aliphatic carbocycles. The van der Waals surface area contributed by atoms with Gasteiger partial charge in [0.2, 0.25) is 0 Å². The van der Waals surface area contributed by atoms with Crippen LogP contribution in [0.5, 0.6) is 0 Å². The molecule has 1 unspecified atom stereocenters. The molecule has 33 heavy (non-hydrogen) atoms. The van der Waals surface area contributed by atoms with Crippen LogP contribution in [0.25, 0.3) is 10.2 Å². The van der Waals surface area contributed by atoms with Crippen molar-refractivity contribution in [1.29, 1.82) is 0 Å². The van der Waals surface area contributed by atoms with Crippen LogP contribution in [0.15, 0.2) is 39.5 Å². The van der Waals surface area contributed by atoms with E-state index in [-0.39, 0.29) is 10.8 Å². The molecule has 0 N–H and O–H groups in total. The minimum absolute atomic E-state index is 0.0999. The molecule has 12 heteroatoms. The fraction of sp³-hybridized carbons (Fsp3) is 0.429. The van der Waals surface area contributed by atoms with Gasteiger partial charge in [-0.05, 0) is 44.0 Å². The quantitative estimate of drug-likeness (QED) is 0.426. The Kier molecular flexibility index (Phi) is 7.66. The van der Waals surface area contributed by atoms with Crippen molar-refractivity contribution >= 4 is 60.4 Å². The van der Waals surface area contributed by atoms with Crippen LogP contribution in [0.1, 0.15) is 26.2 Å². The van der Waals surface area contributed by atoms with Gasteiger partial charge in [-0.2, -0.15) is 9.30 Å². The maximum atomic E-state index is 14.6. The van der Waals surface area contributed by atoms with Crippen molar-refractivity contribution in [3.63, 3.8) is 0 Å². The minimum Gasteiger partial charge on any atom is -0.380 e. The molecule has 7 nitrogen and oxygen atoms in total. The number of amides is 1. The number of para-hydroxylation sites is 1. The molecule has 1 fully saturated rings. The van der Waals surface area contributed by atoms with Crippen molar-refractivity contribution in [2.45, 2.75) is 43.0 Å². The van der Waals surface area contributed by atoms with E-state index in [0.717, 1.165) is 11.3 Å². The Morgan fingerprint density at radius 3 is 2.82 bits per heavy atom. The molecule has 2 aromatic heterocycles. The zero-order chi connectivity index (χ0) is 23.6. The first kappa shape index (κ1) is 24.5. The van der Waals surface area contributed by atoms with Crippen LogP contribution in [-0.2, 0) is 26.1 Å². The second kappa shape index (κ2) is 10.3. The van der Waals surface area contributed by atoms with E-state index >= 15 is 0 Å². The first-order valence-corrected chi connectivity index (χ1v) is 14.0. The number of nitrogens with zero attached hydrogens (tertiary/aromatic N) is 3. The van der Waals surface area contributed by atoms with Gasteiger partial charge in [0, 0.05) is 19.7 Å². The lowest BCUT2D eigenvalue weighted by Crippen LogP contribution is -2.47. The van der Waals surface area contributed by atoms with Crippen LogP contribution >= 0.6 is 34.3 Å². The van der Waals surface area contributed by atoms with Crippen molar-refractivity contribution in [1.82, 2.24) is 8.87 Å². The van der Waals surface area contributed by atoms with Crippen molar-refractivity contribution in [3.8, 4) is 0 Å². The van der Waals surface area contributed by atoms with Crippen molar-refractivity contribution in [3.05, 3.63) is 45.3 Å². The number of carbonyl (C=O) groups is 1. The predicted octanol–water partition coefficient (Wildman–Crippen LogP) is 4.26. The van der Waals surface area contributed by atoms with E-state index in [1.54, 1.807) is 16.7 Å². The third-order valence-electron chi connectivity index (χ3n) is 5.37. The molecular formula is C21H23ClFN3O4S3. The average Bonchev–Trinajstić information content (AvgIpc) is 3.39. The van der Waals surface area contributed by atoms with Gasteiger partial charge in [0.1, 0.15) is 16.1 Å². The average molecular weight is 532 g/mol. The third-order valence-corrected chi connectivity index (χ3v) is 10.0. The monoisotopic (exact) mass is 531 g/mol. The van der Waals surface area contributed by atoms with Gasteiger partial charge >= 0.3 is 0 Å². The number of halogens is 2. The number of carbonyl (C=O) groups excluding carboxylic acids is 1. The lowest BCUT2D eigenvalue weighted by atomic mass is 10.0. The Balaban J connectivity index is 1.73. The number of hydrogen-bond donors (Lipinski definition) is 0. The lowest BCUT2D eigenvalue weighted by molar-refractivity contribution is -0.122. The van der Waals surface area contributed by atoms with Gasteiger partial charge in [-0.1, -0.05) is 35.4 Å². The molecule has 1 atom stereocenters. The van der Waals surface area contributed by atoms with E-state index in [1.807, 2.05) is 6.92 Å². The molecule has 1 amide bonds. The van der Waals surface area contributed by atoms with Crippen molar-refractivity contribution in [2.75, 3.05) is 19.8 Å². The Morgan fingerprint density at radius 2 is 2.09 bits per heavy atom. The molecule has 0 saturated carbocycles. The van der Waals surface area contributed by atoms with Crippen LogP contribution in [0.2, 0.25) is 4.34 Å². The molecule has 178 valence electrons. The summed E-state index contributed by atoms with van der Waals surface area (Å²) in [6, 6.07) is 6.79. The van der Waals surface area contributed by atoms with E-state index in [1.165, 1.54) is 33.8 Å². The summed E-state index contributed by atoms with van der Waals surface area (Å²) >= 11 is 8.09. The first-order valence-electron chi connectivity index (χ1n) is 10.5. The zero-order valence-electron chi connectivity index (χ0n) is 17.9. The largest absolute Gasteiger partial charge is 0.380 e. The Labute approximate surface area is 204 Å². The maximum absolute atomic E-state index is 14.6. The fourth-order valence-electron chi connectivity index (χ4n) is 3.84. The normalized spacial score (nSPS) is 18.3. The highest BCUT2D eigenvalue weighted by Crippen LogP contribution is 2.32. The summed E-state index contributed by atoms with van der Waals surface area (Å²) in [6.45, 7) is 3.26. The molecule has 1 aliphatic heterocycles. The highest BCUT2D eigenvalue weighted by Gasteiger charge is 2.38. The molecule has 0 spiro atoms. The van der Waals surface area contributed by atoms with Gasteiger partial charge in [0.05, 0.1) is 21.2 Å². The molecule has 0 radical (unpaired) electrons. The predicted molar refractivity (Wildman–Crippen MR) is 128 cm³/mol. The van der Waals surface area contributed by atoms with Crippen molar-refractivity contribution in [2.24, 2.45) is 4.99 Å². The number of thiazole rings is 1. The van der Waals surface area contributed by atoms with Gasteiger partial charge in [0.15, 0.2) is 4.80 Å². The van der Waals surface area contributed by atoms with Gasteiger partial charge in [-0.15, -0.1) is 11.3 Å². The number of benzene rings is 1. The zero-order valence-corrected chi connectivity index (χ0v) is 21.1. The molecule has 3 aromatic rings. The standard InChI is InChI=1S/C21H23ClFN3O4S3/c1-2-30-13-12-25-19-14(23)6-5-8-16(19)31-21(25)24-20(27)15-7-3-4-11-26(15)33(28,29)18-10-9-17(22)32-18/h5-6,8-10,15H,2-4,7,11-13H2,1H3. The van der Waals surface area contributed by atoms with E-state index in [4.69, 9.17) is 16.3 Å². The maximum Gasteiger partial charge on any atom is 0.266 e. The number of sulfonamides is 1. The van der Waals surface area contributed by atoms with Gasteiger partial charge in [-0.25, -0.2) is 12.8 Å². The molecule has 1 aromatic carbocycles. The summed E-state index contributed by atoms with van der Waals surface area (Å²) in [5, 5.41) is 0. The van der Waals surface area contributed by atoms with Gasteiger partial charge in [0.25, 0.3) is 15.9 Å². The molecule has 4 rings (SSSR count). The molecule has 0 bridgehead atoms. The number of hydrogen-bond acceptors (Lipinski definition) is 6. The summed E-state index contributed by atoms with van der Waals surface area (Å²) < 4.78 is 50.4. The summed E-state index contributed by atoms with van der Waals surface area (Å²) in [6.07, 6.45) is 1.75. The molecule has 3 heterocycles. The van der Waals surface area contributed by atoms with E-state index in [2.05, 4.69) is 4.99 Å². The van der Waals surface area contributed by atoms with Crippen LogP contribution in [0.4, 0.5) is 4.39 Å². The molecule has 1 saturated heterocycles. The second-order valence-corrected chi connectivity index (χ2v) is 12.3. The summed E-state index contributed by atoms with van der Waals surface area (Å²) in [5.41, 5.74) is 0.357. The van der Waals surface area contributed by atoms with Crippen molar-refractivity contribution < 1.29 is 22.3 Å². The Hall–Kier alpha value is -1.63. The van der Waals surface area contributed by atoms with Crippen LogP contribution in [0.3, 0.4) is 0 Å². The summed E-state index contributed by atoms with van der Waals surface area (Å²) in [5.74, 6) is -0.969. The number of fused-ring (bicyclic) bond motifs is 1. The number of ether oxygens (including phenoxy) is 1. The van der Waals surface area contributed by atoms with Gasteiger partial charge < -0.3 is 9.30 Å². The summed E-state index contributed by atoms with van der Waals surface area (Å²) in [4.78, 5) is 17.9. The summed E-state index contributed by atoms with van der Waals surface area (Å²) in [7, 11) is -3.88. The topological polar surface area (TPSA) is 81.0 Å². The smallest absolute Gasteiger partial charge is 0.266 e.